The van der Waals surface area contributed by atoms with Gasteiger partial charge in [0, 0.05) is 10.8 Å². The van der Waals surface area contributed by atoms with Crippen molar-refractivity contribution < 1.29 is 25.0 Å². The molecule has 236 valence electrons. The molecule has 1 heteroatoms. The molecule has 0 N–H and O–H groups in total. The van der Waals surface area contributed by atoms with Crippen LogP contribution in [-0.4, -0.2) is 0 Å². The van der Waals surface area contributed by atoms with Crippen molar-refractivity contribution in [1.29, 1.82) is 0 Å². The van der Waals surface area contributed by atoms with Crippen molar-refractivity contribution in [3.63, 3.8) is 0 Å². The lowest BCUT2D eigenvalue weighted by molar-refractivity contribution is 0.669. The first-order chi connectivity index (χ1) is 31.5. The van der Waals surface area contributed by atoms with Gasteiger partial charge in [0.25, 0.3) is 0 Å². The molecule has 1 aromatic heterocycles. The minimum Gasteiger partial charge on any atom is -0.456 e. The zero-order chi connectivity index (χ0) is 46.5. The standard InChI is InChI=1S/C50H30O/c1-2-12-33-28-36(21-20-31(33)10-1)48-41-15-5-7-17-43(41)49(44-18-8-6-16-42(44)48)37-22-25-39-34(29-37)13-9-19-38(39)35-24-26-46-45(30-35)50-40-14-4-3-11-32(40)23-27-47(50)51-46/h1-30H/i1D,2D,5D,6D,7D,8D,10D,12D,15D,16D,17D,18D,20D,21D,28D. The molecular formula is C50H30O. The number of hydrogen-bond acceptors (Lipinski definition) is 1. The van der Waals surface area contributed by atoms with Gasteiger partial charge in [-0.1, -0.05) is 151 Å². The zero-order valence-electron chi connectivity index (χ0n) is 41.6. The van der Waals surface area contributed by atoms with Crippen LogP contribution in [0.1, 0.15) is 20.6 Å². The normalized spacial score (nSPS) is 16.0. The molecule has 0 unspecified atom stereocenters. The van der Waals surface area contributed by atoms with E-state index in [0.29, 0.717) is 10.9 Å². The lowest BCUT2D eigenvalue weighted by atomic mass is 9.85. The molecule has 10 aromatic carbocycles. The van der Waals surface area contributed by atoms with Gasteiger partial charge >= 0.3 is 0 Å². The van der Waals surface area contributed by atoms with Gasteiger partial charge in [0.05, 0.1) is 20.6 Å². The fourth-order valence-electron chi connectivity index (χ4n) is 7.48. The molecular weight excluding hydrogens is 617 g/mol. The molecule has 0 spiro atoms. The van der Waals surface area contributed by atoms with E-state index in [1.807, 2.05) is 60.7 Å². The Bertz CT molecular complexity index is 3980. The minimum absolute atomic E-state index is 0.0417. The summed E-state index contributed by atoms with van der Waals surface area (Å²) in [6.07, 6.45) is 0. The second kappa shape index (κ2) is 10.9. The van der Waals surface area contributed by atoms with Gasteiger partial charge in [-0.15, -0.1) is 0 Å². The lowest BCUT2D eigenvalue weighted by Crippen LogP contribution is -1.91. The fraction of sp³-hybridized carbons (Fsp3) is 0. The van der Waals surface area contributed by atoms with Gasteiger partial charge in [0.2, 0.25) is 0 Å². The van der Waals surface area contributed by atoms with Crippen molar-refractivity contribution in [2.75, 3.05) is 0 Å². The quantitative estimate of drug-likeness (QED) is 0.172. The summed E-state index contributed by atoms with van der Waals surface area (Å²) in [5.74, 6) is 0. The lowest BCUT2D eigenvalue weighted by Gasteiger charge is -2.18. The van der Waals surface area contributed by atoms with Crippen molar-refractivity contribution in [2.45, 2.75) is 0 Å². The summed E-state index contributed by atoms with van der Waals surface area (Å²) in [4.78, 5) is 0. The number of fused-ring (bicyclic) bond motifs is 9. The van der Waals surface area contributed by atoms with Crippen molar-refractivity contribution in [1.82, 2.24) is 0 Å². The summed E-state index contributed by atoms with van der Waals surface area (Å²) in [5.41, 5.74) is 2.78. The van der Waals surface area contributed by atoms with Crippen LogP contribution >= 0.6 is 0 Å². The first kappa shape index (κ1) is 17.3. The van der Waals surface area contributed by atoms with Crippen molar-refractivity contribution in [3.8, 4) is 33.4 Å². The van der Waals surface area contributed by atoms with Gasteiger partial charge in [-0.2, -0.15) is 0 Å². The van der Waals surface area contributed by atoms with Crippen LogP contribution in [0.3, 0.4) is 0 Å². The van der Waals surface area contributed by atoms with Crippen LogP contribution in [-0.2, 0) is 0 Å². The molecule has 0 fully saturated rings. The first-order valence-corrected chi connectivity index (χ1v) is 16.4. The van der Waals surface area contributed by atoms with Gasteiger partial charge in [-0.05, 0) is 118 Å². The summed E-state index contributed by atoms with van der Waals surface area (Å²) in [6, 6.07) is 19.2. The molecule has 0 amide bonds. The van der Waals surface area contributed by atoms with E-state index >= 15 is 0 Å². The summed E-state index contributed by atoms with van der Waals surface area (Å²) in [6.45, 7) is 0. The van der Waals surface area contributed by atoms with Gasteiger partial charge < -0.3 is 4.42 Å². The molecule has 51 heavy (non-hydrogen) atoms. The molecule has 0 aliphatic heterocycles. The first-order valence-electron chi connectivity index (χ1n) is 23.9. The largest absolute Gasteiger partial charge is 0.456 e. The van der Waals surface area contributed by atoms with E-state index < -0.39 is 107 Å². The number of furan rings is 1. The maximum atomic E-state index is 9.48. The summed E-state index contributed by atoms with van der Waals surface area (Å²) in [5, 5.41) is 3.80. The number of hydrogen-bond donors (Lipinski definition) is 0. The molecule has 0 bridgehead atoms. The summed E-state index contributed by atoms with van der Waals surface area (Å²) in [7, 11) is 0. The highest BCUT2D eigenvalue weighted by Crippen LogP contribution is 2.45. The molecule has 0 atom stereocenters. The molecule has 0 saturated heterocycles. The minimum atomic E-state index is -0.735. The average Bonchev–Trinajstić information content (AvgIpc) is 3.71. The van der Waals surface area contributed by atoms with Crippen LogP contribution in [0, 0.1) is 0 Å². The molecule has 0 aliphatic rings. The van der Waals surface area contributed by atoms with Gasteiger partial charge in [0.1, 0.15) is 11.2 Å². The highest BCUT2D eigenvalue weighted by molar-refractivity contribution is 6.23. The molecule has 11 rings (SSSR count). The van der Waals surface area contributed by atoms with Crippen LogP contribution in [0.2, 0.25) is 0 Å². The van der Waals surface area contributed by atoms with E-state index in [-0.39, 0.29) is 32.7 Å². The van der Waals surface area contributed by atoms with E-state index in [9.17, 15) is 8.22 Å². The molecule has 1 nitrogen and oxygen atoms in total. The van der Waals surface area contributed by atoms with Crippen molar-refractivity contribution in [3.05, 3.63) is 182 Å². The molecule has 0 saturated carbocycles. The predicted molar refractivity (Wildman–Crippen MR) is 218 cm³/mol. The second-order valence-corrected chi connectivity index (χ2v) is 12.5. The van der Waals surface area contributed by atoms with E-state index in [4.69, 9.17) is 16.8 Å². The van der Waals surface area contributed by atoms with Crippen LogP contribution in [0.5, 0.6) is 0 Å². The Kier molecular flexibility index (Phi) is 3.70. The van der Waals surface area contributed by atoms with Crippen LogP contribution < -0.4 is 0 Å². The average molecular weight is 662 g/mol. The van der Waals surface area contributed by atoms with E-state index in [2.05, 4.69) is 18.2 Å². The molecule has 11 aromatic rings. The summed E-state index contributed by atoms with van der Waals surface area (Å²) >= 11 is 0. The smallest absolute Gasteiger partial charge is 0.136 e. The SMILES string of the molecule is [2H]c1c([2H])c([2H])c2c([2H])c(-c3c4c([2H])c([2H])c([2H])c([2H])c4c(-c4ccc5c(-c6ccc7oc8ccc9ccccc9c8c7c6)cccc5c4)c4c([2H])c([2H])c([2H])c([2H])c34)c([2H])c([2H])c2c1[2H]. The van der Waals surface area contributed by atoms with Gasteiger partial charge in [-0.25, -0.2) is 0 Å². The van der Waals surface area contributed by atoms with Crippen molar-refractivity contribution in [2.24, 2.45) is 0 Å². The Morgan fingerprint density at radius 1 is 0.373 bits per heavy atom. The van der Waals surface area contributed by atoms with Crippen LogP contribution in [0.4, 0.5) is 0 Å². The second-order valence-electron chi connectivity index (χ2n) is 12.5. The summed E-state index contributed by atoms with van der Waals surface area (Å²) < 4.78 is 141. The maximum absolute atomic E-state index is 9.48. The molecule has 1 heterocycles. The van der Waals surface area contributed by atoms with E-state index in [0.717, 1.165) is 49.2 Å². The Hall–Kier alpha value is -6.70. The van der Waals surface area contributed by atoms with E-state index in [1.54, 1.807) is 12.1 Å². The Morgan fingerprint density at radius 3 is 1.84 bits per heavy atom. The predicted octanol–water partition coefficient (Wildman–Crippen LogP) is 14.4. The number of benzene rings is 10. The third-order valence-electron chi connectivity index (χ3n) is 9.71. The van der Waals surface area contributed by atoms with Gasteiger partial charge in [-0.3, -0.25) is 0 Å². The Morgan fingerprint density at radius 2 is 1.04 bits per heavy atom. The topological polar surface area (TPSA) is 13.1 Å². The molecule has 0 radical (unpaired) electrons. The maximum Gasteiger partial charge on any atom is 0.136 e. The Balaban J connectivity index is 1.25. The van der Waals surface area contributed by atoms with Crippen molar-refractivity contribution >= 4 is 75.8 Å². The third kappa shape index (κ3) is 4.28. The van der Waals surface area contributed by atoms with Crippen LogP contribution in [0.15, 0.2) is 186 Å². The fourth-order valence-corrected chi connectivity index (χ4v) is 7.48. The Labute approximate surface area is 315 Å². The highest BCUT2D eigenvalue weighted by atomic mass is 16.3. The molecule has 0 aliphatic carbocycles. The third-order valence-corrected chi connectivity index (χ3v) is 9.71. The van der Waals surface area contributed by atoms with Gasteiger partial charge in [0.15, 0.2) is 0 Å². The number of rotatable bonds is 3. The highest BCUT2D eigenvalue weighted by Gasteiger charge is 2.18. The van der Waals surface area contributed by atoms with E-state index in [1.165, 1.54) is 0 Å². The van der Waals surface area contributed by atoms with Crippen LogP contribution in [0.25, 0.3) is 109 Å². The monoisotopic (exact) mass is 661 g/mol. The zero-order valence-corrected chi connectivity index (χ0v) is 26.6.